The maximum Gasteiger partial charge on any atom is 0.104 e. The van der Waals surface area contributed by atoms with Crippen LogP contribution in [0.25, 0.3) is 0 Å². The zero-order valence-electron chi connectivity index (χ0n) is 16.8. The van der Waals surface area contributed by atoms with Crippen molar-refractivity contribution < 1.29 is 56.9 Å². The van der Waals surface area contributed by atoms with Crippen LogP contribution in [0.3, 0.4) is 0 Å². The lowest BCUT2D eigenvalue weighted by atomic mass is 9.87. The zero-order chi connectivity index (χ0) is 16.6. The monoisotopic (exact) mass is 675 g/mol. The van der Waals surface area contributed by atoms with Crippen LogP contribution in [-0.2, 0) is 19.6 Å². The van der Waals surface area contributed by atoms with Gasteiger partial charge in [-0.3, -0.25) is 0 Å². The first-order chi connectivity index (χ1) is 9.37. The predicted octanol–water partition coefficient (Wildman–Crippen LogP) is -2.89. The summed E-state index contributed by atoms with van der Waals surface area (Å²) in [4.78, 5) is 0. The molecule has 0 saturated heterocycles. The minimum Gasteiger partial charge on any atom is -1.00 e. The molecule has 0 radical (unpaired) electrons. The largest absolute Gasteiger partial charge is 1.00 e. The second kappa shape index (κ2) is 11.2. The van der Waals surface area contributed by atoms with E-state index in [1.807, 2.05) is 0 Å². The summed E-state index contributed by atoms with van der Waals surface area (Å²) in [5, 5.41) is 0. The number of hydrogen-bond donors (Lipinski definition) is 1. The molecular formula is C18H36I3N3. The molecule has 0 fully saturated rings. The highest BCUT2D eigenvalue weighted by molar-refractivity contribution is 14.0. The van der Waals surface area contributed by atoms with E-state index in [4.69, 9.17) is 5.73 Å². The highest BCUT2D eigenvalue weighted by Crippen LogP contribution is 2.30. The lowest BCUT2D eigenvalue weighted by Crippen LogP contribution is -3.00. The Hall–Kier alpha value is 1.29. The Labute approximate surface area is 201 Å². The molecule has 0 aliphatic heterocycles. The van der Waals surface area contributed by atoms with E-state index in [1.54, 1.807) is 0 Å². The number of benzene rings is 1. The quantitative estimate of drug-likeness (QED) is 0.264. The van der Waals surface area contributed by atoms with Crippen molar-refractivity contribution in [2.24, 2.45) is 5.73 Å². The minimum atomic E-state index is 0. The Bertz CT molecular complexity index is 487. The van der Waals surface area contributed by atoms with Gasteiger partial charge < -0.3 is 62.7 Å². The maximum atomic E-state index is 6.06. The molecule has 0 aliphatic rings. The van der Waals surface area contributed by atoms with Crippen LogP contribution in [0.1, 0.15) is 33.4 Å². The number of quaternary nitrogens is 2. The molecule has 1 rings (SSSR count). The van der Waals surface area contributed by atoms with E-state index in [0.717, 1.165) is 22.1 Å². The maximum absolute atomic E-state index is 6.06. The summed E-state index contributed by atoms with van der Waals surface area (Å²) in [5.41, 5.74) is 14.6. The van der Waals surface area contributed by atoms with E-state index in [0.29, 0.717) is 6.54 Å². The van der Waals surface area contributed by atoms with E-state index in [9.17, 15) is 0 Å². The van der Waals surface area contributed by atoms with Gasteiger partial charge in [-0.05, 0) is 43.0 Å². The van der Waals surface area contributed by atoms with Crippen LogP contribution < -0.4 is 53.7 Å². The van der Waals surface area contributed by atoms with Crippen LogP contribution >= 0.6 is 24.0 Å². The van der Waals surface area contributed by atoms with Gasteiger partial charge in [-0.15, -0.1) is 24.0 Å². The van der Waals surface area contributed by atoms with Gasteiger partial charge >= 0.3 is 0 Å². The summed E-state index contributed by atoms with van der Waals surface area (Å²) in [6, 6.07) is 0. The zero-order valence-corrected chi connectivity index (χ0v) is 23.4. The fourth-order valence-corrected chi connectivity index (χ4v) is 3.12. The first kappa shape index (κ1) is 30.0. The van der Waals surface area contributed by atoms with Crippen molar-refractivity contribution in [3.8, 4) is 0 Å². The molecule has 2 N–H and O–H groups in total. The van der Waals surface area contributed by atoms with Gasteiger partial charge in [0.2, 0.25) is 0 Å². The smallest absolute Gasteiger partial charge is 0.104 e. The van der Waals surface area contributed by atoms with Crippen LogP contribution in [0.4, 0.5) is 0 Å². The lowest BCUT2D eigenvalue weighted by molar-refractivity contribution is -0.884. The van der Waals surface area contributed by atoms with Crippen molar-refractivity contribution in [3.63, 3.8) is 0 Å². The Balaban J connectivity index is -0.00000147. The molecule has 3 nitrogen and oxygen atoms in total. The van der Waals surface area contributed by atoms with E-state index in [1.165, 1.54) is 33.4 Å². The summed E-state index contributed by atoms with van der Waals surface area (Å²) < 4.78 is 1.89. The third-order valence-electron chi connectivity index (χ3n) is 4.19. The van der Waals surface area contributed by atoms with Crippen molar-refractivity contribution in [1.82, 2.24) is 0 Å². The fourth-order valence-electron chi connectivity index (χ4n) is 3.12. The molecular weight excluding hydrogens is 639 g/mol. The predicted molar refractivity (Wildman–Crippen MR) is 107 cm³/mol. The molecule has 24 heavy (non-hydrogen) atoms. The van der Waals surface area contributed by atoms with Gasteiger partial charge in [0.05, 0.1) is 42.3 Å². The number of rotatable bonds is 5. The molecule has 6 heteroatoms. The molecule has 1 aromatic carbocycles. The highest BCUT2D eigenvalue weighted by atomic mass is 127. The van der Waals surface area contributed by atoms with E-state index in [-0.39, 0.29) is 71.9 Å². The van der Waals surface area contributed by atoms with Gasteiger partial charge in [-0.2, -0.15) is 0 Å². The molecule has 0 saturated carbocycles. The van der Waals surface area contributed by atoms with Gasteiger partial charge in [0.15, 0.2) is 0 Å². The summed E-state index contributed by atoms with van der Waals surface area (Å²) >= 11 is 0. The van der Waals surface area contributed by atoms with Crippen LogP contribution in [0, 0.1) is 20.8 Å². The van der Waals surface area contributed by atoms with Crippen molar-refractivity contribution in [1.29, 1.82) is 0 Å². The average molecular weight is 675 g/mol. The summed E-state index contributed by atoms with van der Waals surface area (Å²) in [7, 11) is 13.5. The third kappa shape index (κ3) is 8.32. The van der Waals surface area contributed by atoms with E-state index in [2.05, 4.69) is 63.1 Å². The summed E-state index contributed by atoms with van der Waals surface area (Å²) in [6.07, 6.45) is 0. The Morgan fingerprint density at radius 1 is 0.625 bits per heavy atom. The fraction of sp³-hybridized carbons (Fsp3) is 0.667. The number of hydrogen-bond acceptors (Lipinski definition) is 1. The molecule has 0 heterocycles. The van der Waals surface area contributed by atoms with Gasteiger partial charge in [-0.1, -0.05) is 0 Å². The lowest BCUT2D eigenvalue weighted by Gasteiger charge is -2.31. The van der Waals surface area contributed by atoms with Gasteiger partial charge in [0, 0.05) is 17.7 Å². The Morgan fingerprint density at radius 2 is 0.875 bits per heavy atom. The third-order valence-corrected chi connectivity index (χ3v) is 4.19. The number of nitrogens with two attached hydrogens (primary N) is 1. The van der Waals surface area contributed by atoms with Gasteiger partial charge in [0.1, 0.15) is 13.1 Å². The second-order valence-electron chi connectivity index (χ2n) is 8.41. The second-order valence-corrected chi connectivity index (χ2v) is 8.41. The van der Waals surface area contributed by atoms with E-state index >= 15 is 0 Å². The molecule has 1 aromatic rings. The van der Waals surface area contributed by atoms with Crippen LogP contribution in [0.2, 0.25) is 0 Å². The van der Waals surface area contributed by atoms with Gasteiger partial charge in [-0.25, -0.2) is 0 Å². The molecule has 144 valence electrons. The first-order valence-corrected chi connectivity index (χ1v) is 7.78. The number of nitrogens with zero attached hydrogens (tertiary/aromatic N) is 2. The normalized spacial score (nSPS) is 11.2. The van der Waals surface area contributed by atoms with Crippen molar-refractivity contribution in [2.45, 2.75) is 40.4 Å². The minimum absolute atomic E-state index is 0. The van der Waals surface area contributed by atoms with Crippen LogP contribution in [-0.4, -0.2) is 51.3 Å². The van der Waals surface area contributed by atoms with E-state index < -0.39 is 0 Å². The Morgan fingerprint density at radius 3 is 1.08 bits per heavy atom. The molecule has 0 aliphatic carbocycles. The summed E-state index contributed by atoms with van der Waals surface area (Å²) in [5.74, 6) is 0. The highest BCUT2D eigenvalue weighted by Gasteiger charge is 2.23. The van der Waals surface area contributed by atoms with Gasteiger partial charge in [0.25, 0.3) is 0 Å². The standard InChI is InChI=1S/C18H35N3.3HI/c1-13-16(10-19)14(2)18(12-21(7,8)9)15(3)17(13)11-20(4,5)6;;;/h10-12,19H2,1-9H3;3*1H/q+2;;;/p-2. The van der Waals surface area contributed by atoms with Crippen molar-refractivity contribution in [3.05, 3.63) is 33.4 Å². The van der Waals surface area contributed by atoms with Crippen LogP contribution in [0.5, 0.6) is 0 Å². The van der Waals surface area contributed by atoms with Crippen molar-refractivity contribution in [2.75, 3.05) is 42.3 Å². The first-order valence-electron chi connectivity index (χ1n) is 7.78. The molecule has 0 bridgehead atoms. The Kier molecular flexibility index (Phi) is 14.0. The molecule has 0 unspecified atom stereocenters. The molecule has 0 spiro atoms. The van der Waals surface area contributed by atoms with Crippen LogP contribution in [0.15, 0.2) is 0 Å². The average Bonchev–Trinajstić information content (AvgIpc) is 2.29. The SMILES string of the molecule is Cc1c(CN)c(C)c(C[N+](C)(C)C)c(C)c1C[N+](C)(C)C.I.[I-].[I-]. The topological polar surface area (TPSA) is 26.0 Å². The number of halogens is 3. The molecule has 0 aromatic heterocycles. The summed E-state index contributed by atoms with van der Waals surface area (Å²) in [6.45, 7) is 9.50. The molecule has 0 atom stereocenters. The van der Waals surface area contributed by atoms with Crippen molar-refractivity contribution >= 4 is 24.0 Å². The molecule has 0 amide bonds.